The maximum absolute atomic E-state index is 12.4. The smallest absolute Gasteiger partial charge is 0.272 e. The molecule has 1 unspecified atom stereocenters. The van der Waals surface area contributed by atoms with Crippen molar-refractivity contribution in [1.82, 2.24) is 9.88 Å². The van der Waals surface area contributed by atoms with Gasteiger partial charge in [-0.2, -0.15) is 0 Å². The molecule has 2 aromatic rings. The zero-order valence-electron chi connectivity index (χ0n) is 11.2. The summed E-state index contributed by atoms with van der Waals surface area (Å²) >= 11 is 9.45. The number of halogens is 2. The van der Waals surface area contributed by atoms with Crippen LogP contribution >= 0.6 is 27.5 Å². The lowest BCUT2D eigenvalue weighted by atomic mass is 10.1. The lowest BCUT2D eigenvalue weighted by Crippen LogP contribution is -2.30. The van der Waals surface area contributed by atoms with Crippen molar-refractivity contribution in [3.8, 4) is 0 Å². The molecular weight excluding hydrogens is 340 g/mol. The van der Waals surface area contributed by atoms with Crippen LogP contribution in [0.5, 0.6) is 0 Å². The maximum Gasteiger partial charge on any atom is 0.272 e. The van der Waals surface area contributed by atoms with E-state index in [0.29, 0.717) is 15.3 Å². The van der Waals surface area contributed by atoms with Crippen LogP contribution in [0.3, 0.4) is 0 Å². The van der Waals surface area contributed by atoms with Gasteiger partial charge in [0.2, 0.25) is 0 Å². The lowest BCUT2D eigenvalue weighted by molar-refractivity contribution is 0.0736. The van der Waals surface area contributed by atoms with Crippen molar-refractivity contribution in [3.63, 3.8) is 0 Å². The third-order valence-electron chi connectivity index (χ3n) is 3.19. The Balaban J connectivity index is 2.25. The number of aromatic nitrogens is 1. The number of hydrogen-bond donors (Lipinski definition) is 0. The van der Waals surface area contributed by atoms with Crippen molar-refractivity contribution >= 4 is 33.4 Å². The average molecular weight is 354 g/mol. The van der Waals surface area contributed by atoms with Crippen molar-refractivity contribution in [1.29, 1.82) is 0 Å². The molecule has 1 aromatic carbocycles. The van der Waals surface area contributed by atoms with Crippen molar-refractivity contribution < 1.29 is 4.79 Å². The van der Waals surface area contributed by atoms with Crippen LogP contribution in [0.25, 0.3) is 0 Å². The van der Waals surface area contributed by atoms with Crippen molar-refractivity contribution in [2.45, 2.75) is 13.0 Å². The van der Waals surface area contributed by atoms with E-state index in [1.54, 1.807) is 30.1 Å². The fourth-order valence-electron chi connectivity index (χ4n) is 1.91. The number of rotatable bonds is 3. The standard InChI is InChI=1S/C15H14BrClN2O/c1-10(11-6-3-4-7-12(11)17)19(2)15(20)13-8-5-9-14(16)18-13/h3-10H,1-2H3. The first-order valence-corrected chi connectivity index (χ1v) is 7.32. The molecule has 0 aliphatic carbocycles. The second kappa shape index (κ2) is 6.37. The Morgan fingerprint density at radius 1 is 1.25 bits per heavy atom. The monoisotopic (exact) mass is 352 g/mol. The van der Waals surface area contributed by atoms with E-state index in [2.05, 4.69) is 20.9 Å². The van der Waals surface area contributed by atoms with E-state index in [9.17, 15) is 4.79 Å². The summed E-state index contributed by atoms with van der Waals surface area (Å²) in [4.78, 5) is 18.2. The van der Waals surface area contributed by atoms with Gasteiger partial charge < -0.3 is 4.90 Å². The minimum atomic E-state index is -0.140. The normalized spacial score (nSPS) is 12.0. The highest BCUT2D eigenvalue weighted by atomic mass is 79.9. The van der Waals surface area contributed by atoms with Gasteiger partial charge >= 0.3 is 0 Å². The second-order valence-electron chi connectivity index (χ2n) is 4.46. The van der Waals surface area contributed by atoms with Crippen LogP contribution in [-0.4, -0.2) is 22.8 Å². The molecule has 0 spiro atoms. The van der Waals surface area contributed by atoms with Crippen LogP contribution < -0.4 is 0 Å². The Bertz CT molecular complexity index is 633. The van der Waals surface area contributed by atoms with Crippen LogP contribution in [-0.2, 0) is 0 Å². The van der Waals surface area contributed by atoms with E-state index in [1.807, 2.05) is 31.2 Å². The number of hydrogen-bond acceptors (Lipinski definition) is 2. The lowest BCUT2D eigenvalue weighted by Gasteiger charge is -2.25. The van der Waals surface area contributed by atoms with Gasteiger partial charge in [-0.15, -0.1) is 0 Å². The predicted octanol–water partition coefficient (Wildman–Crippen LogP) is 4.33. The summed E-state index contributed by atoms with van der Waals surface area (Å²) in [6.07, 6.45) is 0. The number of carbonyl (C=O) groups is 1. The summed E-state index contributed by atoms with van der Waals surface area (Å²) in [5.74, 6) is -0.140. The van der Waals surface area contributed by atoms with Gasteiger partial charge in [-0.25, -0.2) is 4.98 Å². The summed E-state index contributed by atoms with van der Waals surface area (Å²) in [6, 6.07) is 12.7. The van der Waals surface area contributed by atoms with Gasteiger partial charge in [0.25, 0.3) is 5.91 Å². The molecule has 0 radical (unpaired) electrons. The van der Waals surface area contributed by atoms with Gasteiger partial charge in [0.1, 0.15) is 10.3 Å². The van der Waals surface area contributed by atoms with E-state index < -0.39 is 0 Å². The van der Waals surface area contributed by atoms with Gasteiger partial charge in [0.15, 0.2) is 0 Å². The van der Waals surface area contributed by atoms with Crippen molar-refractivity contribution in [2.24, 2.45) is 0 Å². The fraction of sp³-hybridized carbons (Fsp3) is 0.200. The minimum absolute atomic E-state index is 0.128. The maximum atomic E-state index is 12.4. The molecule has 1 atom stereocenters. The summed E-state index contributed by atoms with van der Waals surface area (Å²) in [7, 11) is 1.75. The number of amides is 1. The average Bonchev–Trinajstić information content (AvgIpc) is 2.45. The Kier molecular flexibility index (Phi) is 4.78. The highest BCUT2D eigenvalue weighted by Gasteiger charge is 2.21. The van der Waals surface area contributed by atoms with Crippen LogP contribution in [0.15, 0.2) is 47.1 Å². The predicted molar refractivity (Wildman–Crippen MR) is 83.9 cm³/mol. The molecule has 3 nitrogen and oxygen atoms in total. The molecule has 0 aliphatic rings. The number of benzene rings is 1. The number of pyridine rings is 1. The zero-order chi connectivity index (χ0) is 14.7. The first kappa shape index (κ1) is 15.0. The molecule has 2 rings (SSSR count). The third-order valence-corrected chi connectivity index (χ3v) is 3.98. The molecular formula is C15H14BrClN2O. The molecule has 104 valence electrons. The Labute approximate surface area is 131 Å². The van der Waals surface area contributed by atoms with Crippen LogP contribution in [0.2, 0.25) is 5.02 Å². The minimum Gasteiger partial charge on any atom is -0.334 e. The largest absolute Gasteiger partial charge is 0.334 e. The molecule has 5 heteroatoms. The van der Waals surface area contributed by atoms with Gasteiger partial charge in [0.05, 0.1) is 6.04 Å². The molecule has 1 heterocycles. The number of nitrogens with zero attached hydrogens (tertiary/aromatic N) is 2. The summed E-state index contributed by atoms with van der Waals surface area (Å²) in [5.41, 5.74) is 1.32. The van der Waals surface area contributed by atoms with Crippen LogP contribution in [0.1, 0.15) is 29.0 Å². The van der Waals surface area contributed by atoms with E-state index >= 15 is 0 Å². The van der Waals surface area contributed by atoms with Gasteiger partial charge in [-0.3, -0.25) is 4.79 Å². The molecule has 0 N–H and O–H groups in total. The SMILES string of the molecule is CC(c1ccccc1Cl)N(C)C(=O)c1cccc(Br)n1. The molecule has 0 bridgehead atoms. The highest BCUT2D eigenvalue weighted by Crippen LogP contribution is 2.27. The first-order chi connectivity index (χ1) is 9.50. The van der Waals surface area contributed by atoms with Crippen LogP contribution in [0, 0.1) is 0 Å². The Morgan fingerprint density at radius 2 is 1.95 bits per heavy atom. The summed E-state index contributed by atoms with van der Waals surface area (Å²) in [6.45, 7) is 1.94. The number of carbonyl (C=O) groups excluding carboxylic acids is 1. The highest BCUT2D eigenvalue weighted by molar-refractivity contribution is 9.10. The fourth-order valence-corrected chi connectivity index (χ4v) is 2.54. The molecule has 1 amide bonds. The van der Waals surface area contributed by atoms with Gasteiger partial charge in [0, 0.05) is 12.1 Å². The third kappa shape index (κ3) is 3.19. The quantitative estimate of drug-likeness (QED) is 0.769. The Morgan fingerprint density at radius 3 is 2.60 bits per heavy atom. The first-order valence-electron chi connectivity index (χ1n) is 6.15. The van der Waals surface area contributed by atoms with E-state index in [0.717, 1.165) is 5.56 Å². The molecule has 0 fully saturated rings. The van der Waals surface area contributed by atoms with Gasteiger partial charge in [-0.05, 0) is 46.6 Å². The summed E-state index contributed by atoms with van der Waals surface area (Å²) in [5, 5.41) is 0.654. The van der Waals surface area contributed by atoms with Crippen LogP contribution in [0.4, 0.5) is 0 Å². The Hall–Kier alpha value is -1.39. The summed E-state index contributed by atoms with van der Waals surface area (Å²) < 4.78 is 0.641. The topological polar surface area (TPSA) is 33.2 Å². The molecule has 0 saturated heterocycles. The van der Waals surface area contributed by atoms with Crippen molar-refractivity contribution in [3.05, 3.63) is 63.3 Å². The molecule has 0 aliphatic heterocycles. The van der Waals surface area contributed by atoms with E-state index in [-0.39, 0.29) is 11.9 Å². The molecule has 20 heavy (non-hydrogen) atoms. The van der Waals surface area contributed by atoms with Crippen molar-refractivity contribution in [2.75, 3.05) is 7.05 Å². The zero-order valence-corrected chi connectivity index (χ0v) is 13.5. The molecule has 0 saturated carbocycles. The molecule has 1 aromatic heterocycles. The second-order valence-corrected chi connectivity index (χ2v) is 5.68. The van der Waals surface area contributed by atoms with Gasteiger partial charge in [-0.1, -0.05) is 35.9 Å². The van der Waals surface area contributed by atoms with E-state index in [4.69, 9.17) is 11.6 Å². The van der Waals surface area contributed by atoms with E-state index in [1.165, 1.54) is 0 Å².